The molecule has 0 aromatic heterocycles. The summed E-state index contributed by atoms with van der Waals surface area (Å²) < 4.78 is 18.4. The molecule has 1 heterocycles. The van der Waals surface area contributed by atoms with Gasteiger partial charge in [-0.1, -0.05) is 0 Å². The van der Waals surface area contributed by atoms with E-state index in [-0.39, 0.29) is 35.9 Å². The highest BCUT2D eigenvalue weighted by Crippen LogP contribution is 2.22. The molecule has 1 atom stereocenters. The quantitative estimate of drug-likeness (QED) is 0.826. The first kappa shape index (κ1) is 20.2. The van der Waals surface area contributed by atoms with Gasteiger partial charge < -0.3 is 20.7 Å². The molecule has 2 amide bonds. The largest absolute Gasteiger partial charge is 0.494 e. The molecule has 1 aliphatic rings. The minimum absolute atomic E-state index is 0. The van der Waals surface area contributed by atoms with Gasteiger partial charge in [-0.2, -0.15) is 0 Å². The number of carbonyl (C=O) groups excluding carboxylic acids is 2. The molecule has 0 radical (unpaired) electrons. The number of piperidine rings is 1. The van der Waals surface area contributed by atoms with E-state index in [0.29, 0.717) is 31.7 Å². The number of nitrogens with zero attached hydrogens (tertiary/aromatic N) is 1. The highest BCUT2D eigenvalue weighted by molar-refractivity contribution is 5.95. The molecule has 24 heavy (non-hydrogen) atoms. The Morgan fingerprint density at radius 2 is 2.21 bits per heavy atom. The SMILES string of the molecule is COc1cc(C(=O)N2CCCC(C(=O)NCCN)C2)ccc1F.Cl. The highest BCUT2D eigenvalue weighted by Gasteiger charge is 2.29. The van der Waals surface area contributed by atoms with Gasteiger partial charge in [-0.3, -0.25) is 9.59 Å². The van der Waals surface area contributed by atoms with Gasteiger partial charge in [0.1, 0.15) is 0 Å². The maximum atomic E-state index is 13.4. The summed E-state index contributed by atoms with van der Waals surface area (Å²) in [6.07, 6.45) is 1.50. The number of benzene rings is 1. The van der Waals surface area contributed by atoms with Gasteiger partial charge in [-0.15, -0.1) is 12.4 Å². The van der Waals surface area contributed by atoms with Crippen LogP contribution >= 0.6 is 12.4 Å². The second kappa shape index (κ2) is 9.44. The van der Waals surface area contributed by atoms with Crippen LogP contribution in [0.4, 0.5) is 4.39 Å². The molecule has 1 aromatic carbocycles. The molecule has 2 rings (SSSR count). The van der Waals surface area contributed by atoms with Crippen molar-refractivity contribution in [3.05, 3.63) is 29.6 Å². The molecule has 1 aromatic rings. The van der Waals surface area contributed by atoms with Gasteiger partial charge in [0.05, 0.1) is 13.0 Å². The van der Waals surface area contributed by atoms with Crippen LogP contribution in [0.25, 0.3) is 0 Å². The third-order valence-corrected chi connectivity index (χ3v) is 3.92. The summed E-state index contributed by atoms with van der Waals surface area (Å²) in [5.74, 6) is -1.02. The normalized spacial score (nSPS) is 17.0. The Hall–Kier alpha value is -1.86. The smallest absolute Gasteiger partial charge is 0.254 e. The molecule has 1 aliphatic heterocycles. The summed E-state index contributed by atoms with van der Waals surface area (Å²) >= 11 is 0. The standard InChI is InChI=1S/C16H22FN3O3.ClH/c1-23-14-9-11(4-5-13(14)17)16(22)20-8-2-3-12(10-20)15(21)19-7-6-18;/h4-5,9,12H,2-3,6-8,10,18H2,1H3,(H,19,21);1H. The van der Waals surface area contributed by atoms with Crippen molar-refractivity contribution in [2.24, 2.45) is 11.7 Å². The number of likely N-dealkylation sites (tertiary alicyclic amines) is 1. The van der Waals surface area contributed by atoms with Crippen molar-refractivity contribution in [2.75, 3.05) is 33.3 Å². The number of rotatable bonds is 5. The average Bonchev–Trinajstić information content (AvgIpc) is 2.59. The number of halogens is 2. The zero-order valence-corrected chi connectivity index (χ0v) is 14.4. The van der Waals surface area contributed by atoms with Crippen LogP contribution in [0.15, 0.2) is 18.2 Å². The van der Waals surface area contributed by atoms with Crippen LogP contribution in [-0.4, -0.2) is 50.0 Å². The number of methoxy groups -OCH3 is 1. The lowest BCUT2D eigenvalue weighted by molar-refractivity contribution is -0.126. The maximum absolute atomic E-state index is 13.4. The predicted octanol–water partition coefficient (Wildman–Crippen LogP) is 1.18. The molecule has 8 heteroatoms. The van der Waals surface area contributed by atoms with Gasteiger partial charge in [0.2, 0.25) is 5.91 Å². The number of ether oxygens (including phenoxy) is 1. The molecule has 1 saturated heterocycles. The Morgan fingerprint density at radius 1 is 1.46 bits per heavy atom. The Morgan fingerprint density at radius 3 is 2.88 bits per heavy atom. The first-order valence-corrected chi connectivity index (χ1v) is 7.67. The Labute approximate surface area is 146 Å². The van der Waals surface area contributed by atoms with Crippen molar-refractivity contribution in [3.8, 4) is 5.75 Å². The Balaban J connectivity index is 0.00000288. The van der Waals surface area contributed by atoms with Crippen LogP contribution in [0, 0.1) is 11.7 Å². The summed E-state index contributed by atoms with van der Waals surface area (Å²) in [6.45, 7) is 1.75. The summed E-state index contributed by atoms with van der Waals surface area (Å²) in [6, 6.07) is 4.02. The van der Waals surface area contributed by atoms with E-state index in [9.17, 15) is 14.0 Å². The van der Waals surface area contributed by atoms with Gasteiger partial charge in [0, 0.05) is 31.7 Å². The molecule has 0 spiro atoms. The number of hydrogen-bond donors (Lipinski definition) is 2. The topological polar surface area (TPSA) is 84.7 Å². The molecule has 1 fully saturated rings. The lowest BCUT2D eigenvalue weighted by Gasteiger charge is -2.32. The number of amides is 2. The minimum Gasteiger partial charge on any atom is -0.494 e. The van der Waals surface area contributed by atoms with E-state index in [1.54, 1.807) is 4.90 Å². The van der Waals surface area contributed by atoms with Crippen LogP contribution in [0.1, 0.15) is 23.2 Å². The molecule has 6 nitrogen and oxygen atoms in total. The van der Waals surface area contributed by atoms with E-state index < -0.39 is 5.82 Å². The molecule has 0 saturated carbocycles. The van der Waals surface area contributed by atoms with Crippen molar-refractivity contribution >= 4 is 24.2 Å². The van der Waals surface area contributed by atoms with Crippen LogP contribution in [0.5, 0.6) is 5.75 Å². The van der Waals surface area contributed by atoms with Crippen LogP contribution < -0.4 is 15.8 Å². The van der Waals surface area contributed by atoms with E-state index in [1.807, 2.05) is 0 Å². The fraction of sp³-hybridized carbons (Fsp3) is 0.500. The third-order valence-electron chi connectivity index (χ3n) is 3.92. The van der Waals surface area contributed by atoms with E-state index in [4.69, 9.17) is 10.5 Å². The summed E-state index contributed by atoms with van der Waals surface area (Å²) in [7, 11) is 1.35. The molecule has 0 bridgehead atoms. The van der Waals surface area contributed by atoms with E-state index in [1.165, 1.54) is 25.3 Å². The zero-order valence-electron chi connectivity index (χ0n) is 13.6. The number of nitrogens with one attached hydrogen (secondary N) is 1. The van der Waals surface area contributed by atoms with Crippen molar-refractivity contribution in [1.29, 1.82) is 0 Å². The number of hydrogen-bond acceptors (Lipinski definition) is 4. The average molecular weight is 360 g/mol. The molecular formula is C16H23ClFN3O3. The fourth-order valence-corrected chi connectivity index (χ4v) is 2.69. The lowest BCUT2D eigenvalue weighted by Crippen LogP contribution is -2.46. The molecule has 134 valence electrons. The summed E-state index contributed by atoms with van der Waals surface area (Å²) in [5, 5.41) is 2.76. The molecular weight excluding hydrogens is 337 g/mol. The van der Waals surface area contributed by atoms with Gasteiger partial charge >= 0.3 is 0 Å². The minimum atomic E-state index is -0.512. The van der Waals surface area contributed by atoms with Crippen molar-refractivity contribution < 1.29 is 18.7 Å². The van der Waals surface area contributed by atoms with Crippen molar-refractivity contribution in [2.45, 2.75) is 12.8 Å². The van der Waals surface area contributed by atoms with E-state index in [0.717, 1.165) is 12.8 Å². The zero-order chi connectivity index (χ0) is 16.8. The van der Waals surface area contributed by atoms with Gasteiger partial charge in [-0.05, 0) is 31.0 Å². The maximum Gasteiger partial charge on any atom is 0.254 e. The first-order chi connectivity index (χ1) is 11.1. The lowest BCUT2D eigenvalue weighted by atomic mass is 9.96. The number of carbonyl (C=O) groups is 2. The number of nitrogens with two attached hydrogens (primary N) is 1. The predicted molar refractivity (Wildman–Crippen MR) is 90.9 cm³/mol. The van der Waals surface area contributed by atoms with Gasteiger partial charge in [-0.25, -0.2) is 4.39 Å². The van der Waals surface area contributed by atoms with E-state index in [2.05, 4.69) is 5.32 Å². The third kappa shape index (κ3) is 4.82. The fourth-order valence-electron chi connectivity index (χ4n) is 2.69. The van der Waals surface area contributed by atoms with Crippen molar-refractivity contribution in [3.63, 3.8) is 0 Å². The second-order valence-electron chi connectivity index (χ2n) is 5.52. The molecule has 0 aliphatic carbocycles. The van der Waals surface area contributed by atoms with Gasteiger partial charge in [0.25, 0.3) is 5.91 Å². The summed E-state index contributed by atoms with van der Waals surface area (Å²) in [5.41, 5.74) is 5.73. The van der Waals surface area contributed by atoms with Crippen LogP contribution in [0.2, 0.25) is 0 Å². The van der Waals surface area contributed by atoms with E-state index >= 15 is 0 Å². The highest BCUT2D eigenvalue weighted by atomic mass is 35.5. The van der Waals surface area contributed by atoms with Gasteiger partial charge in [0.15, 0.2) is 11.6 Å². The molecule has 3 N–H and O–H groups in total. The summed E-state index contributed by atoms with van der Waals surface area (Å²) in [4.78, 5) is 26.2. The first-order valence-electron chi connectivity index (χ1n) is 7.67. The Kier molecular flexibility index (Phi) is 7.94. The van der Waals surface area contributed by atoms with Crippen LogP contribution in [-0.2, 0) is 4.79 Å². The Bertz CT molecular complexity index is 586. The molecule has 1 unspecified atom stereocenters. The van der Waals surface area contributed by atoms with Crippen molar-refractivity contribution in [1.82, 2.24) is 10.2 Å². The monoisotopic (exact) mass is 359 g/mol. The second-order valence-corrected chi connectivity index (χ2v) is 5.52. The van der Waals surface area contributed by atoms with Crippen LogP contribution in [0.3, 0.4) is 0 Å².